The van der Waals surface area contributed by atoms with Crippen LogP contribution in [0.2, 0.25) is 0 Å². The summed E-state index contributed by atoms with van der Waals surface area (Å²) in [6.07, 6.45) is 2.70. The number of carbonyl (C=O) groups is 2. The molecule has 0 radical (unpaired) electrons. The van der Waals surface area contributed by atoms with E-state index in [1.807, 2.05) is 31.2 Å². The fourth-order valence-corrected chi connectivity index (χ4v) is 3.17. The molecular weight excluding hydrogens is 370 g/mol. The van der Waals surface area contributed by atoms with Gasteiger partial charge in [0.1, 0.15) is 17.8 Å². The summed E-state index contributed by atoms with van der Waals surface area (Å²) in [7, 11) is 0. The highest BCUT2D eigenvalue weighted by molar-refractivity contribution is 5.92. The highest BCUT2D eigenvalue weighted by atomic mass is 16.6. The molecule has 2 N–H and O–H groups in total. The predicted octanol–water partition coefficient (Wildman–Crippen LogP) is 2.75. The van der Waals surface area contributed by atoms with Crippen molar-refractivity contribution in [2.24, 2.45) is 0 Å². The van der Waals surface area contributed by atoms with E-state index < -0.39 is 0 Å². The number of anilines is 1. The summed E-state index contributed by atoms with van der Waals surface area (Å²) in [4.78, 5) is 34.2. The number of amides is 2. The Morgan fingerprint density at radius 3 is 2.59 bits per heavy atom. The largest absolute Gasteiger partial charge is 0.450 e. The van der Waals surface area contributed by atoms with E-state index in [0.717, 1.165) is 18.4 Å². The maximum atomic E-state index is 12.4. The van der Waals surface area contributed by atoms with Gasteiger partial charge in [-0.05, 0) is 32.3 Å². The fourth-order valence-electron chi connectivity index (χ4n) is 3.17. The van der Waals surface area contributed by atoms with Crippen LogP contribution in [0.5, 0.6) is 0 Å². The number of likely N-dealkylation sites (tertiary alicyclic amines) is 1. The molecule has 2 heterocycles. The van der Waals surface area contributed by atoms with E-state index in [1.165, 1.54) is 11.9 Å². The van der Waals surface area contributed by atoms with E-state index in [-0.39, 0.29) is 18.0 Å². The number of hydrogen-bond donors (Lipinski definition) is 2. The molecule has 2 amide bonds. The lowest BCUT2D eigenvalue weighted by Gasteiger charge is -2.31. The average Bonchev–Trinajstić information content (AvgIpc) is 2.74. The van der Waals surface area contributed by atoms with E-state index in [1.54, 1.807) is 17.9 Å². The first-order valence-electron chi connectivity index (χ1n) is 9.89. The topological polar surface area (TPSA) is 96.5 Å². The van der Waals surface area contributed by atoms with Gasteiger partial charge in [0.2, 0.25) is 0 Å². The molecule has 1 aromatic heterocycles. The van der Waals surface area contributed by atoms with Crippen molar-refractivity contribution in [3.63, 3.8) is 0 Å². The number of nitrogens with zero attached hydrogens (tertiary/aromatic N) is 3. The molecule has 1 aromatic carbocycles. The zero-order valence-corrected chi connectivity index (χ0v) is 16.9. The van der Waals surface area contributed by atoms with Crippen molar-refractivity contribution in [2.75, 3.05) is 25.0 Å². The molecule has 1 fully saturated rings. The summed E-state index contributed by atoms with van der Waals surface area (Å²) in [5.74, 6) is 0.364. The van der Waals surface area contributed by atoms with E-state index in [9.17, 15) is 9.59 Å². The Morgan fingerprint density at radius 1 is 1.17 bits per heavy atom. The highest BCUT2D eigenvalue weighted by Gasteiger charge is 2.23. The summed E-state index contributed by atoms with van der Waals surface area (Å²) in [5.41, 5.74) is 2.53. The first kappa shape index (κ1) is 20.6. The molecule has 1 saturated heterocycles. The van der Waals surface area contributed by atoms with E-state index in [0.29, 0.717) is 37.8 Å². The summed E-state index contributed by atoms with van der Waals surface area (Å²) in [5, 5.41) is 6.22. The molecule has 29 heavy (non-hydrogen) atoms. The van der Waals surface area contributed by atoms with Gasteiger partial charge in [0, 0.05) is 31.7 Å². The van der Waals surface area contributed by atoms with Gasteiger partial charge in [-0.25, -0.2) is 14.8 Å². The zero-order valence-electron chi connectivity index (χ0n) is 16.9. The standard InChI is InChI=1S/C21H27N5O3/c1-3-29-21(28)26-10-8-17(9-11-26)25-19-12-18(23-14-24-19)20(27)22-13-16-6-4-15(2)5-7-16/h4-7,12,14,17H,3,8-11,13H2,1-2H3,(H,22,27)(H,23,24,25). The summed E-state index contributed by atoms with van der Waals surface area (Å²) in [6.45, 7) is 5.91. The third-order valence-corrected chi connectivity index (χ3v) is 4.85. The predicted molar refractivity (Wildman–Crippen MR) is 110 cm³/mol. The molecule has 154 valence electrons. The Kier molecular flexibility index (Phi) is 6.99. The minimum atomic E-state index is -0.263. The van der Waals surface area contributed by atoms with Crippen LogP contribution in [0.1, 0.15) is 41.4 Å². The Bertz CT molecular complexity index is 832. The Hall–Kier alpha value is -3.16. The number of ether oxygens (including phenoxy) is 1. The summed E-state index contributed by atoms with van der Waals surface area (Å²) >= 11 is 0. The lowest BCUT2D eigenvalue weighted by molar-refractivity contribution is 0.0943. The van der Waals surface area contributed by atoms with Crippen molar-refractivity contribution in [1.82, 2.24) is 20.2 Å². The maximum absolute atomic E-state index is 12.4. The third-order valence-electron chi connectivity index (χ3n) is 4.85. The maximum Gasteiger partial charge on any atom is 0.409 e. The molecule has 1 aliphatic heterocycles. The summed E-state index contributed by atoms with van der Waals surface area (Å²) < 4.78 is 5.04. The van der Waals surface area contributed by atoms with Crippen LogP contribution in [0, 0.1) is 6.92 Å². The van der Waals surface area contributed by atoms with Crippen LogP contribution in [-0.4, -0.2) is 52.6 Å². The van der Waals surface area contributed by atoms with Crippen LogP contribution in [0.25, 0.3) is 0 Å². The molecule has 2 aromatic rings. The minimum absolute atomic E-state index is 0.180. The first-order valence-corrected chi connectivity index (χ1v) is 9.89. The minimum Gasteiger partial charge on any atom is -0.450 e. The monoisotopic (exact) mass is 397 g/mol. The van der Waals surface area contributed by atoms with E-state index in [2.05, 4.69) is 20.6 Å². The van der Waals surface area contributed by atoms with Crippen LogP contribution in [0.4, 0.5) is 10.6 Å². The molecule has 0 aliphatic carbocycles. The van der Waals surface area contributed by atoms with E-state index in [4.69, 9.17) is 4.74 Å². The zero-order chi connectivity index (χ0) is 20.6. The first-order chi connectivity index (χ1) is 14.0. The van der Waals surface area contributed by atoms with Crippen molar-refractivity contribution >= 4 is 17.8 Å². The second kappa shape index (κ2) is 9.86. The van der Waals surface area contributed by atoms with Gasteiger partial charge in [0.25, 0.3) is 5.91 Å². The molecule has 8 heteroatoms. The lowest BCUT2D eigenvalue weighted by Crippen LogP contribution is -2.42. The van der Waals surface area contributed by atoms with Gasteiger partial charge < -0.3 is 20.3 Å². The van der Waals surface area contributed by atoms with Gasteiger partial charge in [0.05, 0.1) is 6.61 Å². The smallest absolute Gasteiger partial charge is 0.409 e. The van der Waals surface area contributed by atoms with Crippen LogP contribution in [0.3, 0.4) is 0 Å². The molecular formula is C21H27N5O3. The molecule has 0 unspecified atom stereocenters. The second-order valence-corrected chi connectivity index (χ2v) is 7.06. The van der Waals surface area contributed by atoms with Crippen molar-refractivity contribution in [3.05, 3.63) is 53.5 Å². The second-order valence-electron chi connectivity index (χ2n) is 7.06. The van der Waals surface area contributed by atoms with Gasteiger partial charge in [-0.3, -0.25) is 4.79 Å². The van der Waals surface area contributed by atoms with Crippen molar-refractivity contribution in [1.29, 1.82) is 0 Å². The van der Waals surface area contributed by atoms with Crippen LogP contribution in [0.15, 0.2) is 36.7 Å². The van der Waals surface area contributed by atoms with Gasteiger partial charge in [-0.2, -0.15) is 0 Å². The average molecular weight is 397 g/mol. The number of nitrogens with one attached hydrogen (secondary N) is 2. The van der Waals surface area contributed by atoms with Gasteiger partial charge in [-0.1, -0.05) is 29.8 Å². The highest BCUT2D eigenvalue weighted by Crippen LogP contribution is 2.16. The third kappa shape index (κ3) is 5.91. The molecule has 8 nitrogen and oxygen atoms in total. The Labute approximate surface area is 170 Å². The van der Waals surface area contributed by atoms with E-state index >= 15 is 0 Å². The molecule has 0 spiro atoms. The fraction of sp³-hybridized carbons (Fsp3) is 0.429. The number of piperidine rings is 1. The molecule has 1 aliphatic rings. The number of aryl methyl sites for hydroxylation is 1. The van der Waals surface area contributed by atoms with Crippen LogP contribution in [-0.2, 0) is 11.3 Å². The molecule has 3 rings (SSSR count). The van der Waals surface area contributed by atoms with Crippen LogP contribution < -0.4 is 10.6 Å². The molecule has 0 bridgehead atoms. The number of benzene rings is 1. The van der Waals surface area contributed by atoms with Gasteiger partial charge in [-0.15, -0.1) is 0 Å². The number of rotatable bonds is 6. The summed E-state index contributed by atoms with van der Waals surface area (Å²) in [6, 6.07) is 9.85. The van der Waals surface area contributed by atoms with Gasteiger partial charge in [0.15, 0.2) is 0 Å². The molecule has 0 atom stereocenters. The van der Waals surface area contributed by atoms with Crippen molar-refractivity contribution in [3.8, 4) is 0 Å². The Morgan fingerprint density at radius 2 is 1.90 bits per heavy atom. The normalized spacial score (nSPS) is 14.3. The quantitative estimate of drug-likeness (QED) is 0.778. The molecule has 0 saturated carbocycles. The number of carbonyl (C=O) groups excluding carboxylic acids is 2. The number of aromatic nitrogens is 2. The SMILES string of the molecule is CCOC(=O)N1CCC(Nc2cc(C(=O)NCc3ccc(C)cc3)ncn2)CC1. The van der Waals surface area contributed by atoms with Crippen molar-refractivity contribution in [2.45, 2.75) is 39.3 Å². The lowest BCUT2D eigenvalue weighted by atomic mass is 10.1. The van der Waals surface area contributed by atoms with Gasteiger partial charge >= 0.3 is 6.09 Å². The number of hydrogen-bond acceptors (Lipinski definition) is 6. The Balaban J connectivity index is 1.51. The van der Waals surface area contributed by atoms with Crippen LogP contribution >= 0.6 is 0 Å². The van der Waals surface area contributed by atoms with Crippen molar-refractivity contribution < 1.29 is 14.3 Å².